The van der Waals surface area contributed by atoms with Crippen molar-refractivity contribution >= 4 is 0 Å². The number of nitrogens with zero attached hydrogens (tertiary/aromatic N) is 2. The Morgan fingerprint density at radius 3 is 3.12 bits per heavy atom. The third-order valence-electron chi connectivity index (χ3n) is 3.25. The van der Waals surface area contributed by atoms with Gasteiger partial charge in [-0.3, -0.25) is 0 Å². The van der Waals surface area contributed by atoms with Gasteiger partial charge < -0.3 is 19.4 Å². The quantitative estimate of drug-likeness (QED) is 0.820. The summed E-state index contributed by atoms with van der Waals surface area (Å²) < 4.78 is 13.2. The fraction of sp³-hybridized carbons (Fsp3) is 0.750. The lowest BCUT2D eigenvalue weighted by molar-refractivity contribution is -0.0864. The third kappa shape index (κ3) is 2.86. The van der Waals surface area contributed by atoms with Crippen molar-refractivity contribution in [1.29, 1.82) is 0 Å². The van der Waals surface area contributed by atoms with Crippen LogP contribution in [0.25, 0.3) is 0 Å². The van der Waals surface area contributed by atoms with E-state index < -0.39 is 0 Å². The second-order valence-electron chi connectivity index (χ2n) is 4.72. The average Bonchev–Trinajstić information content (AvgIpc) is 3.11. The molecule has 5 heteroatoms. The molecular weight excluding hydrogens is 218 g/mol. The topological polar surface area (TPSA) is 48.3 Å². The van der Waals surface area contributed by atoms with Crippen LogP contribution in [0.4, 0.5) is 0 Å². The SMILES string of the molecule is c1ncn(C2CC2)c1CNCC1COCCO1. The maximum absolute atomic E-state index is 5.58. The highest BCUT2D eigenvalue weighted by atomic mass is 16.6. The molecule has 1 saturated carbocycles. The van der Waals surface area contributed by atoms with Crippen LogP contribution in [0.3, 0.4) is 0 Å². The summed E-state index contributed by atoms with van der Waals surface area (Å²) in [5, 5.41) is 3.41. The minimum Gasteiger partial charge on any atom is -0.376 e. The highest BCUT2D eigenvalue weighted by Gasteiger charge is 2.25. The number of rotatable bonds is 5. The van der Waals surface area contributed by atoms with Crippen molar-refractivity contribution in [3.63, 3.8) is 0 Å². The predicted octanol–water partition coefficient (Wildman–Crippen LogP) is 0.723. The molecule has 1 aromatic heterocycles. The van der Waals surface area contributed by atoms with Gasteiger partial charge in [0, 0.05) is 25.3 Å². The zero-order valence-corrected chi connectivity index (χ0v) is 9.97. The van der Waals surface area contributed by atoms with E-state index in [0.29, 0.717) is 19.3 Å². The zero-order chi connectivity index (χ0) is 11.5. The van der Waals surface area contributed by atoms with Gasteiger partial charge in [0.05, 0.1) is 37.9 Å². The summed E-state index contributed by atoms with van der Waals surface area (Å²) >= 11 is 0. The molecule has 1 saturated heterocycles. The molecule has 0 amide bonds. The van der Waals surface area contributed by atoms with E-state index in [2.05, 4.69) is 14.9 Å². The molecule has 94 valence electrons. The maximum atomic E-state index is 5.58. The molecule has 1 aliphatic carbocycles. The Labute approximate surface area is 101 Å². The van der Waals surface area contributed by atoms with Crippen molar-refractivity contribution in [3.05, 3.63) is 18.2 Å². The number of nitrogens with one attached hydrogen (secondary N) is 1. The summed E-state index contributed by atoms with van der Waals surface area (Å²) in [5.41, 5.74) is 1.27. The molecule has 17 heavy (non-hydrogen) atoms. The van der Waals surface area contributed by atoms with Gasteiger partial charge in [-0.2, -0.15) is 0 Å². The van der Waals surface area contributed by atoms with E-state index in [9.17, 15) is 0 Å². The van der Waals surface area contributed by atoms with Crippen LogP contribution in [0.2, 0.25) is 0 Å². The monoisotopic (exact) mass is 237 g/mol. The number of imidazole rings is 1. The molecule has 3 rings (SSSR count). The van der Waals surface area contributed by atoms with Crippen molar-refractivity contribution < 1.29 is 9.47 Å². The van der Waals surface area contributed by atoms with E-state index in [0.717, 1.165) is 19.7 Å². The Morgan fingerprint density at radius 2 is 2.35 bits per heavy atom. The van der Waals surface area contributed by atoms with Crippen LogP contribution in [-0.2, 0) is 16.0 Å². The Bertz CT molecular complexity index is 356. The highest BCUT2D eigenvalue weighted by Crippen LogP contribution is 2.35. The van der Waals surface area contributed by atoms with Gasteiger partial charge in [0.15, 0.2) is 0 Å². The molecule has 1 unspecified atom stereocenters. The maximum Gasteiger partial charge on any atom is 0.0951 e. The van der Waals surface area contributed by atoms with Crippen LogP contribution in [0.1, 0.15) is 24.6 Å². The van der Waals surface area contributed by atoms with Crippen LogP contribution >= 0.6 is 0 Å². The van der Waals surface area contributed by atoms with Crippen molar-refractivity contribution in [2.24, 2.45) is 0 Å². The normalized spacial score (nSPS) is 25.1. The number of hydrogen-bond donors (Lipinski definition) is 1. The number of hydrogen-bond acceptors (Lipinski definition) is 4. The van der Waals surface area contributed by atoms with E-state index in [1.54, 1.807) is 0 Å². The molecule has 0 bridgehead atoms. The second kappa shape index (κ2) is 5.16. The minimum atomic E-state index is 0.195. The average molecular weight is 237 g/mol. The first kappa shape index (κ1) is 11.2. The number of ether oxygens (including phenoxy) is 2. The van der Waals surface area contributed by atoms with Gasteiger partial charge in [-0.25, -0.2) is 4.98 Å². The standard InChI is InChI=1S/C12H19N3O2/c1-2-10(1)15-9-14-6-11(15)5-13-7-12-8-16-3-4-17-12/h6,9-10,12-13H,1-5,7-8H2. The molecule has 2 aliphatic rings. The molecule has 0 aromatic carbocycles. The molecule has 2 fully saturated rings. The van der Waals surface area contributed by atoms with Crippen LogP contribution in [0.5, 0.6) is 0 Å². The minimum absolute atomic E-state index is 0.195. The van der Waals surface area contributed by atoms with Gasteiger partial charge in [0.25, 0.3) is 0 Å². The molecule has 1 aliphatic heterocycles. The summed E-state index contributed by atoms with van der Waals surface area (Å²) in [4.78, 5) is 4.22. The smallest absolute Gasteiger partial charge is 0.0951 e. The van der Waals surface area contributed by atoms with E-state index in [-0.39, 0.29) is 6.10 Å². The molecule has 1 aromatic rings. The van der Waals surface area contributed by atoms with Crippen molar-refractivity contribution in [2.45, 2.75) is 31.5 Å². The molecule has 1 N–H and O–H groups in total. The van der Waals surface area contributed by atoms with Crippen LogP contribution in [0.15, 0.2) is 12.5 Å². The number of aromatic nitrogens is 2. The van der Waals surface area contributed by atoms with Gasteiger partial charge in [0.2, 0.25) is 0 Å². The van der Waals surface area contributed by atoms with E-state index in [1.807, 2.05) is 12.5 Å². The lowest BCUT2D eigenvalue weighted by Gasteiger charge is -2.23. The van der Waals surface area contributed by atoms with Crippen LogP contribution in [-0.4, -0.2) is 42.0 Å². The summed E-state index contributed by atoms with van der Waals surface area (Å²) in [6, 6.07) is 0.698. The lowest BCUT2D eigenvalue weighted by Crippen LogP contribution is -2.37. The van der Waals surface area contributed by atoms with E-state index >= 15 is 0 Å². The molecular formula is C12H19N3O2. The summed E-state index contributed by atoms with van der Waals surface area (Å²) in [7, 11) is 0. The van der Waals surface area contributed by atoms with Gasteiger partial charge in [-0.1, -0.05) is 0 Å². The van der Waals surface area contributed by atoms with E-state index in [4.69, 9.17) is 9.47 Å². The largest absolute Gasteiger partial charge is 0.376 e. The van der Waals surface area contributed by atoms with Crippen molar-refractivity contribution in [3.8, 4) is 0 Å². The Kier molecular flexibility index (Phi) is 3.40. The van der Waals surface area contributed by atoms with Crippen molar-refractivity contribution in [1.82, 2.24) is 14.9 Å². The van der Waals surface area contributed by atoms with Gasteiger partial charge >= 0.3 is 0 Å². The molecule has 0 radical (unpaired) electrons. The molecule has 2 heterocycles. The fourth-order valence-corrected chi connectivity index (χ4v) is 2.17. The van der Waals surface area contributed by atoms with Gasteiger partial charge in [0.1, 0.15) is 0 Å². The highest BCUT2D eigenvalue weighted by molar-refractivity contribution is 5.03. The summed E-state index contributed by atoms with van der Waals surface area (Å²) in [5.74, 6) is 0. The Morgan fingerprint density at radius 1 is 1.41 bits per heavy atom. The first-order valence-corrected chi connectivity index (χ1v) is 6.34. The molecule has 0 spiro atoms. The Balaban J connectivity index is 1.45. The van der Waals surface area contributed by atoms with Gasteiger partial charge in [-0.05, 0) is 12.8 Å². The van der Waals surface area contributed by atoms with E-state index in [1.165, 1.54) is 18.5 Å². The lowest BCUT2D eigenvalue weighted by atomic mass is 10.3. The Hall–Kier alpha value is -0.910. The van der Waals surface area contributed by atoms with Gasteiger partial charge in [-0.15, -0.1) is 0 Å². The summed E-state index contributed by atoms with van der Waals surface area (Å²) in [6.07, 6.45) is 6.67. The molecule has 5 nitrogen and oxygen atoms in total. The zero-order valence-electron chi connectivity index (χ0n) is 9.97. The first-order chi connectivity index (χ1) is 8.43. The summed E-state index contributed by atoms with van der Waals surface area (Å²) in [6.45, 7) is 3.85. The molecule has 1 atom stereocenters. The van der Waals surface area contributed by atoms with Crippen LogP contribution in [0, 0.1) is 0 Å². The first-order valence-electron chi connectivity index (χ1n) is 6.34. The van der Waals surface area contributed by atoms with Crippen molar-refractivity contribution in [2.75, 3.05) is 26.4 Å². The van der Waals surface area contributed by atoms with Crippen LogP contribution < -0.4 is 5.32 Å². The fourth-order valence-electron chi connectivity index (χ4n) is 2.17. The predicted molar refractivity (Wildman–Crippen MR) is 62.8 cm³/mol. The second-order valence-corrected chi connectivity index (χ2v) is 4.72. The third-order valence-corrected chi connectivity index (χ3v) is 3.25.